The average molecular weight is 435 g/mol. The first-order valence-corrected chi connectivity index (χ1v) is 12.1. The maximum atomic E-state index is 12.6. The van der Waals surface area contributed by atoms with E-state index in [1.807, 2.05) is 0 Å². The normalized spacial score (nSPS) is 18.5. The van der Waals surface area contributed by atoms with E-state index in [2.05, 4.69) is 11.4 Å². The Balaban J connectivity index is 1.49. The number of carbonyl (C=O) groups is 2. The molecule has 3 rings (SSSR count). The Labute approximate surface area is 178 Å². The second kappa shape index (κ2) is 10.2. The number of amides is 1. The Bertz CT molecular complexity index is 887. The van der Waals surface area contributed by atoms with E-state index in [9.17, 15) is 18.0 Å². The van der Waals surface area contributed by atoms with Gasteiger partial charge in [0, 0.05) is 19.6 Å². The monoisotopic (exact) mass is 434 g/mol. The second-order valence-electron chi connectivity index (χ2n) is 7.83. The molecule has 1 heterocycles. The van der Waals surface area contributed by atoms with Crippen molar-refractivity contribution in [3.05, 3.63) is 41.5 Å². The number of nitrogens with zero attached hydrogens (tertiary/aromatic N) is 1. The van der Waals surface area contributed by atoms with Crippen LogP contribution in [0.4, 0.5) is 0 Å². The van der Waals surface area contributed by atoms with E-state index in [-0.39, 0.29) is 16.4 Å². The van der Waals surface area contributed by atoms with E-state index in [1.54, 1.807) is 0 Å². The first-order chi connectivity index (χ1) is 14.4. The van der Waals surface area contributed by atoms with Crippen LogP contribution in [0.25, 0.3) is 0 Å². The molecule has 2 aliphatic rings. The molecule has 0 aromatic heterocycles. The van der Waals surface area contributed by atoms with Gasteiger partial charge < -0.3 is 10.1 Å². The van der Waals surface area contributed by atoms with Crippen molar-refractivity contribution in [3.63, 3.8) is 0 Å². The first-order valence-electron chi connectivity index (χ1n) is 10.6. The summed E-state index contributed by atoms with van der Waals surface area (Å²) >= 11 is 0. The predicted octanol–water partition coefficient (Wildman–Crippen LogP) is 3.02. The molecule has 0 unspecified atom stereocenters. The first kappa shape index (κ1) is 22.5. The summed E-state index contributed by atoms with van der Waals surface area (Å²) in [5.74, 6) is -0.995. The zero-order valence-electron chi connectivity index (χ0n) is 17.4. The summed E-state index contributed by atoms with van der Waals surface area (Å²) in [5, 5.41) is 2.80. The summed E-state index contributed by atoms with van der Waals surface area (Å²) in [6.45, 7) is 3.10. The van der Waals surface area contributed by atoms with Crippen molar-refractivity contribution in [1.82, 2.24) is 9.62 Å². The Morgan fingerprint density at radius 2 is 1.80 bits per heavy atom. The minimum Gasteiger partial charge on any atom is -0.449 e. The lowest BCUT2D eigenvalue weighted by Gasteiger charge is -2.16. The number of hydrogen-bond acceptors (Lipinski definition) is 5. The number of allylic oxidation sites excluding steroid dienone is 1. The highest BCUT2D eigenvalue weighted by atomic mass is 32.2. The number of ether oxygens (including phenoxy) is 1. The van der Waals surface area contributed by atoms with Gasteiger partial charge in [-0.15, -0.1) is 0 Å². The van der Waals surface area contributed by atoms with Crippen LogP contribution in [0.5, 0.6) is 0 Å². The Morgan fingerprint density at radius 1 is 1.10 bits per heavy atom. The van der Waals surface area contributed by atoms with Crippen LogP contribution < -0.4 is 5.32 Å². The van der Waals surface area contributed by atoms with E-state index in [1.165, 1.54) is 53.9 Å². The van der Waals surface area contributed by atoms with Crippen LogP contribution in [0.15, 0.2) is 40.8 Å². The molecule has 30 heavy (non-hydrogen) atoms. The summed E-state index contributed by atoms with van der Waals surface area (Å²) in [6.07, 6.45) is 8.49. The molecule has 0 radical (unpaired) electrons. The van der Waals surface area contributed by atoms with Gasteiger partial charge in [-0.1, -0.05) is 11.6 Å². The maximum Gasteiger partial charge on any atom is 0.338 e. The zero-order chi connectivity index (χ0) is 21.6. The fraction of sp³-hybridized carbons (Fsp3) is 0.545. The topological polar surface area (TPSA) is 92.8 Å². The number of nitrogens with one attached hydrogen (secondary N) is 1. The summed E-state index contributed by atoms with van der Waals surface area (Å²) in [6, 6.07) is 5.66. The van der Waals surface area contributed by atoms with Crippen LogP contribution in [0.2, 0.25) is 0 Å². The second-order valence-corrected chi connectivity index (χ2v) is 9.77. The van der Waals surface area contributed by atoms with Crippen molar-refractivity contribution in [2.24, 2.45) is 0 Å². The molecule has 1 N–H and O–H groups in total. The largest absolute Gasteiger partial charge is 0.449 e. The van der Waals surface area contributed by atoms with Gasteiger partial charge in [-0.25, -0.2) is 13.2 Å². The van der Waals surface area contributed by atoms with Crippen LogP contribution in [0.3, 0.4) is 0 Å². The zero-order valence-corrected chi connectivity index (χ0v) is 18.2. The Morgan fingerprint density at radius 3 is 2.43 bits per heavy atom. The quantitative estimate of drug-likeness (QED) is 0.501. The van der Waals surface area contributed by atoms with Gasteiger partial charge in [-0.05, 0) is 76.1 Å². The van der Waals surface area contributed by atoms with Crippen LogP contribution >= 0.6 is 0 Å². The number of rotatable bonds is 8. The number of esters is 1. The van der Waals surface area contributed by atoms with E-state index >= 15 is 0 Å². The Kier molecular flexibility index (Phi) is 7.66. The summed E-state index contributed by atoms with van der Waals surface area (Å²) in [4.78, 5) is 24.7. The smallest absolute Gasteiger partial charge is 0.338 e. The third kappa shape index (κ3) is 5.70. The van der Waals surface area contributed by atoms with E-state index in [4.69, 9.17) is 4.74 Å². The SMILES string of the molecule is C[C@H](OC(=O)c1ccc(S(=O)(=O)N2CCCC2)cc1)C(=O)NCCC1=CCCCC1. The minimum atomic E-state index is -3.52. The molecule has 1 aromatic carbocycles. The van der Waals surface area contributed by atoms with Gasteiger partial charge in [0.2, 0.25) is 10.0 Å². The molecule has 1 aliphatic heterocycles. The third-order valence-corrected chi connectivity index (χ3v) is 7.49. The molecule has 0 saturated carbocycles. The van der Waals surface area contributed by atoms with E-state index in [0.717, 1.165) is 32.1 Å². The fourth-order valence-corrected chi connectivity index (χ4v) is 5.26. The van der Waals surface area contributed by atoms with Crippen molar-refractivity contribution in [2.75, 3.05) is 19.6 Å². The van der Waals surface area contributed by atoms with Gasteiger partial charge in [0.15, 0.2) is 6.10 Å². The molecular formula is C22H30N2O5S. The standard InChI is InChI=1S/C22H30N2O5S/c1-17(21(25)23-14-13-18-7-3-2-4-8-18)29-22(26)19-9-11-20(12-10-19)30(27,28)24-15-5-6-16-24/h7,9-12,17H,2-6,8,13-16H2,1H3,(H,23,25)/t17-/m0/s1. The van der Waals surface area contributed by atoms with Gasteiger partial charge in [-0.3, -0.25) is 4.79 Å². The highest BCUT2D eigenvalue weighted by Crippen LogP contribution is 2.21. The molecule has 1 amide bonds. The van der Waals surface area contributed by atoms with Crippen molar-refractivity contribution in [1.29, 1.82) is 0 Å². The van der Waals surface area contributed by atoms with Crippen LogP contribution in [-0.4, -0.2) is 50.3 Å². The molecule has 7 nitrogen and oxygen atoms in total. The molecule has 1 aromatic rings. The summed E-state index contributed by atoms with van der Waals surface area (Å²) in [7, 11) is -3.52. The van der Waals surface area contributed by atoms with Gasteiger partial charge in [0.25, 0.3) is 5.91 Å². The molecule has 164 valence electrons. The molecule has 1 atom stereocenters. The van der Waals surface area contributed by atoms with Crippen LogP contribution in [-0.2, 0) is 19.6 Å². The van der Waals surface area contributed by atoms with Gasteiger partial charge in [0.1, 0.15) is 0 Å². The number of sulfonamides is 1. The van der Waals surface area contributed by atoms with E-state index < -0.39 is 22.1 Å². The number of benzene rings is 1. The van der Waals surface area contributed by atoms with Crippen LogP contribution in [0.1, 0.15) is 62.2 Å². The van der Waals surface area contributed by atoms with Gasteiger partial charge in [-0.2, -0.15) is 4.31 Å². The average Bonchev–Trinajstić information content (AvgIpc) is 3.30. The highest BCUT2D eigenvalue weighted by Gasteiger charge is 2.27. The highest BCUT2D eigenvalue weighted by molar-refractivity contribution is 7.89. The molecule has 1 fully saturated rings. The molecule has 0 bridgehead atoms. The molecule has 0 spiro atoms. The van der Waals surface area contributed by atoms with Gasteiger partial charge >= 0.3 is 5.97 Å². The molecule has 8 heteroatoms. The lowest BCUT2D eigenvalue weighted by atomic mass is 9.97. The van der Waals surface area contributed by atoms with Crippen LogP contribution in [0, 0.1) is 0 Å². The third-order valence-electron chi connectivity index (χ3n) is 5.58. The maximum absolute atomic E-state index is 12.6. The summed E-state index contributed by atoms with van der Waals surface area (Å²) in [5.41, 5.74) is 1.58. The predicted molar refractivity (Wildman–Crippen MR) is 113 cm³/mol. The van der Waals surface area contributed by atoms with Crippen molar-refractivity contribution < 1.29 is 22.7 Å². The summed E-state index contributed by atoms with van der Waals surface area (Å²) < 4.78 is 31.8. The van der Waals surface area contributed by atoms with Crippen molar-refractivity contribution >= 4 is 21.9 Å². The number of carbonyl (C=O) groups excluding carboxylic acids is 2. The van der Waals surface area contributed by atoms with Gasteiger partial charge in [0.05, 0.1) is 10.5 Å². The lowest BCUT2D eigenvalue weighted by molar-refractivity contribution is -0.129. The molecule has 1 aliphatic carbocycles. The van der Waals surface area contributed by atoms with Crippen molar-refractivity contribution in [3.8, 4) is 0 Å². The lowest BCUT2D eigenvalue weighted by Crippen LogP contribution is -2.36. The van der Waals surface area contributed by atoms with Crippen molar-refractivity contribution in [2.45, 2.75) is 62.9 Å². The minimum absolute atomic E-state index is 0.156. The molecular weight excluding hydrogens is 404 g/mol. The van der Waals surface area contributed by atoms with E-state index in [0.29, 0.717) is 19.6 Å². The number of hydrogen-bond donors (Lipinski definition) is 1. The fourth-order valence-electron chi connectivity index (χ4n) is 3.74. The Hall–Kier alpha value is -2.19. The molecule has 1 saturated heterocycles.